The van der Waals surface area contributed by atoms with Crippen molar-refractivity contribution in [3.8, 4) is 0 Å². The Hall–Kier alpha value is -0.0900. The average Bonchev–Trinajstić information content (AvgIpc) is 2.33. The summed E-state index contributed by atoms with van der Waals surface area (Å²) >= 11 is 9.44. The lowest BCUT2D eigenvalue weighted by atomic mass is 9.89. The number of hydrogen-bond donors (Lipinski definition) is 1. The molecular weight excluding hydrogens is 289 g/mol. The first-order valence-electron chi connectivity index (χ1n) is 5.47. The summed E-state index contributed by atoms with van der Waals surface area (Å²) in [5, 5.41) is 0.713. The largest absolute Gasteiger partial charge is 0.381 e. The van der Waals surface area contributed by atoms with E-state index in [2.05, 4.69) is 15.9 Å². The van der Waals surface area contributed by atoms with Crippen LogP contribution in [0.2, 0.25) is 5.02 Å². The van der Waals surface area contributed by atoms with Crippen molar-refractivity contribution in [3.63, 3.8) is 0 Å². The van der Waals surface area contributed by atoms with E-state index in [1.165, 1.54) is 0 Å². The molecule has 0 aliphatic carbocycles. The van der Waals surface area contributed by atoms with Gasteiger partial charge in [0, 0.05) is 23.0 Å². The van der Waals surface area contributed by atoms with Crippen LogP contribution in [0.3, 0.4) is 0 Å². The lowest BCUT2D eigenvalue weighted by molar-refractivity contribution is 0.0448. The van der Waals surface area contributed by atoms with Gasteiger partial charge in [0.1, 0.15) is 0 Å². The minimum Gasteiger partial charge on any atom is -0.381 e. The molecule has 4 heteroatoms. The molecule has 2 N–H and O–H groups in total. The summed E-state index contributed by atoms with van der Waals surface area (Å²) in [5.74, 6) is 0.408. The second-order valence-electron chi connectivity index (χ2n) is 4.18. The predicted molar refractivity (Wildman–Crippen MR) is 69.6 cm³/mol. The van der Waals surface area contributed by atoms with Gasteiger partial charge in [-0.3, -0.25) is 0 Å². The smallest absolute Gasteiger partial charge is 0.0551 e. The molecule has 0 spiro atoms. The average molecular weight is 305 g/mol. The third-order valence-corrected chi connectivity index (χ3v) is 4.26. The van der Waals surface area contributed by atoms with Gasteiger partial charge in [-0.2, -0.15) is 0 Å². The van der Waals surface area contributed by atoms with Crippen LogP contribution in [0.4, 0.5) is 0 Å². The Kier molecular flexibility index (Phi) is 4.25. The second-order valence-corrected chi connectivity index (χ2v) is 5.44. The Morgan fingerprint density at radius 3 is 2.94 bits per heavy atom. The molecular formula is C12H15BrClNO. The first kappa shape index (κ1) is 12.4. The van der Waals surface area contributed by atoms with Crippen molar-refractivity contribution in [2.75, 3.05) is 13.2 Å². The molecule has 2 rings (SSSR count). The SMILES string of the molecule is NC(c1ccc(Br)c(Cl)c1)C1CCCOC1. The molecule has 0 saturated carbocycles. The van der Waals surface area contributed by atoms with Crippen LogP contribution in [0.5, 0.6) is 0 Å². The highest BCUT2D eigenvalue weighted by molar-refractivity contribution is 9.10. The van der Waals surface area contributed by atoms with Gasteiger partial charge in [0.05, 0.1) is 11.6 Å². The molecule has 1 aliphatic rings. The predicted octanol–water partition coefficient (Wildman–Crippen LogP) is 3.53. The van der Waals surface area contributed by atoms with E-state index < -0.39 is 0 Å². The highest BCUT2D eigenvalue weighted by atomic mass is 79.9. The lowest BCUT2D eigenvalue weighted by Crippen LogP contribution is -2.29. The molecule has 2 atom stereocenters. The molecule has 0 bridgehead atoms. The van der Waals surface area contributed by atoms with Gasteiger partial charge in [-0.05, 0) is 46.5 Å². The third-order valence-electron chi connectivity index (χ3n) is 3.03. The van der Waals surface area contributed by atoms with E-state index in [0.717, 1.165) is 36.1 Å². The van der Waals surface area contributed by atoms with Crippen LogP contribution in [-0.2, 0) is 4.74 Å². The fourth-order valence-electron chi connectivity index (χ4n) is 2.04. The van der Waals surface area contributed by atoms with Crippen LogP contribution in [0.1, 0.15) is 24.4 Å². The highest BCUT2D eigenvalue weighted by Gasteiger charge is 2.22. The molecule has 1 heterocycles. The normalized spacial score (nSPS) is 23.1. The first-order valence-corrected chi connectivity index (χ1v) is 6.64. The maximum absolute atomic E-state index is 6.23. The zero-order valence-electron chi connectivity index (χ0n) is 8.96. The Labute approximate surface area is 109 Å². The number of benzene rings is 1. The van der Waals surface area contributed by atoms with Crippen molar-refractivity contribution < 1.29 is 4.74 Å². The Bertz CT molecular complexity index is 366. The van der Waals surface area contributed by atoms with Crippen molar-refractivity contribution in [2.24, 2.45) is 11.7 Å². The summed E-state index contributed by atoms with van der Waals surface area (Å²) in [7, 11) is 0. The summed E-state index contributed by atoms with van der Waals surface area (Å²) in [6.45, 7) is 1.62. The number of ether oxygens (including phenoxy) is 1. The molecule has 2 unspecified atom stereocenters. The van der Waals surface area contributed by atoms with Gasteiger partial charge in [-0.15, -0.1) is 0 Å². The van der Waals surface area contributed by atoms with E-state index in [-0.39, 0.29) is 6.04 Å². The van der Waals surface area contributed by atoms with Gasteiger partial charge in [-0.1, -0.05) is 17.7 Å². The van der Waals surface area contributed by atoms with Crippen molar-refractivity contribution in [2.45, 2.75) is 18.9 Å². The highest BCUT2D eigenvalue weighted by Crippen LogP contribution is 2.30. The Balaban J connectivity index is 2.12. The molecule has 0 aromatic heterocycles. The van der Waals surface area contributed by atoms with Crippen molar-refractivity contribution in [3.05, 3.63) is 33.3 Å². The van der Waals surface area contributed by atoms with E-state index in [0.29, 0.717) is 10.9 Å². The van der Waals surface area contributed by atoms with Gasteiger partial charge in [-0.25, -0.2) is 0 Å². The Morgan fingerprint density at radius 2 is 2.31 bits per heavy atom. The quantitative estimate of drug-likeness (QED) is 0.907. The number of rotatable bonds is 2. The summed E-state index contributed by atoms with van der Waals surface area (Å²) in [5.41, 5.74) is 7.32. The van der Waals surface area contributed by atoms with Crippen molar-refractivity contribution in [1.29, 1.82) is 0 Å². The molecule has 1 aromatic carbocycles. The Morgan fingerprint density at radius 1 is 1.50 bits per heavy atom. The maximum atomic E-state index is 6.23. The molecule has 0 radical (unpaired) electrons. The summed E-state index contributed by atoms with van der Waals surface area (Å²) in [6, 6.07) is 5.92. The topological polar surface area (TPSA) is 35.2 Å². The second kappa shape index (κ2) is 5.50. The minimum atomic E-state index is 0.0194. The molecule has 2 nitrogen and oxygen atoms in total. The van der Waals surface area contributed by atoms with Crippen LogP contribution < -0.4 is 5.73 Å². The fourth-order valence-corrected chi connectivity index (χ4v) is 2.48. The maximum Gasteiger partial charge on any atom is 0.0551 e. The molecule has 1 fully saturated rings. The van der Waals surface area contributed by atoms with Crippen LogP contribution in [-0.4, -0.2) is 13.2 Å². The summed E-state index contributed by atoms with van der Waals surface area (Å²) < 4.78 is 6.36. The standard InChI is InChI=1S/C12H15BrClNO/c13-10-4-3-8(6-11(10)14)12(15)9-2-1-5-16-7-9/h3-4,6,9,12H,1-2,5,7,15H2. The molecule has 1 aliphatic heterocycles. The number of nitrogens with two attached hydrogens (primary N) is 1. The van der Waals surface area contributed by atoms with E-state index in [4.69, 9.17) is 22.1 Å². The van der Waals surface area contributed by atoms with E-state index >= 15 is 0 Å². The van der Waals surface area contributed by atoms with Crippen LogP contribution in [0.25, 0.3) is 0 Å². The van der Waals surface area contributed by atoms with Gasteiger partial charge in [0.2, 0.25) is 0 Å². The minimum absolute atomic E-state index is 0.0194. The molecule has 1 aromatic rings. The summed E-state index contributed by atoms with van der Waals surface area (Å²) in [6.07, 6.45) is 2.23. The molecule has 0 amide bonds. The van der Waals surface area contributed by atoms with Crippen LogP contribution in [0.15, 0.2) is 22.7 Å². The monoisotopic (exact) mass is 303 g/mol. The van der Waals surface area contributed by atoms with Crippen molar-refractivity contribution in [1.82, 2.24) is 0 Å². The van der Waals surface area contributed by atoms with E-state index in [1.807, 2.05) is 18.2 Å². The van der Waals surface area contributed by atoms with Gasteiger partial charge < -0.3 is 10.5 Å². The van der Waals surface area contributed by atoms with Crippen molar-refractivity contribution >= 4 is 27.5 Å². The zero-order chi connectivity index (χ0) is 11.5. The number of halogens is 2. The summed E-state index contributed by atoms with van der Waals surface area (Å²) in [4.78, 5) is 0. The lowest BCUT2D eigenvalue weighted by Gasteiger charge is -2.28. The van der Waals surface area contributed by atoms with Crippen LogP contribution >= 0.6 is 27.5 Å². The van der Waals surface area contributed by atoms with Gasteiger partial charge >= 0.3 is 0 Å². The molecule has 16 heavy (non-hydrogen) atoms. The van der Waals surface area contributed by atoms with E-state index in [1.54, 1.807) is 0 Å². The third kappa shape index (κ3) is 2.77. The molecule has 1 saturated heterocycles. The zero-order valence-corrected chi connectivity index (χ0v) is 11.3. The molecule has 88 valence electrons. The van der Waals surface area contributed by atoms with E-state index in [9.17, 15) is 0 Å². The number of hydrogen-bond acceptors (Lipinski definition) is 2. The van der Waals surface area contributed by atoms with Crippen LogP contribution in [0, 0.1) is 5.92 Å². The van der Waals surface area contributed by atoms with Gasteiger partial charge in [0.15, 0.2) is 0 Å². The fraction of sp³-hybridized carbons (Fsp3) is 0.500. The first-order chi connectivity index (χ1) is 7.68. The van der Waals surface area contributed by atoms with Gasteiger partial charge in [0.25, 0.3) is 0 Å².